The Morgan fingerprint density at radius 1 is 1.00 bits per heavy atom. The van der Waals surface area contributed by atoms with Crippen LogP contribution in [0.2, 0.25) is 10.0 Å². The lowest BCUT2D eigenvalue weighted by Gasteiger charge is -2.22. The summed E-state index contributed by atoms with van der Waals surface area (Å²) < 4.78 is 42.2. The highest BCUT2D eigenvalue weighted by atomic mass is 35.5. The van der Waals surface area contributed by atoms with Gasteiger partial charge in [-0.2, -0.15) is 5.10 Å². The van der Waals surface area contributed by atoms with Crippen LogP contribution in [0.25, 0.3) is 0 Å². The third-order valence-electron chi connectivity index (χ3n) is 5.09. The number of halogens is 2. The summed E-state index contributed by atoms with van der Waals surface area (Å²) in [4.78, 5) is 12.5. The minimum Gasteiger partial charge on any atom is -0.495 e. The number of nitrogens with zero attached hydrogens (tertiary/aromatic N) is 2. The lowest BCUT2D eigenvalue weighted by Crippen LogP contribution is -2.39. The second kappa shape index (κ2) is 13.4. The first kappa shape index (κ1) is 29.1. The van der Waals surface area contributed by atoms with E-state index in [0.717, 1.165) is 16.1 Å². The molecule has 0 saturated heterocycles. The quantitative estimate of drug-likeness (QED) is 0.242. The molecule has 38 heavy (non-hydrogen) atoms. The lowest BCUT2D eigenvalue weighted by atomic mass is 10.2. The summed E-state index contributed by atoms with van der Waals surface area (Å²) >= 11 is 12.0. The molecule has 0 bridgehead atoms. The largest absolute Gasteiger partial charge is 0.495 e. The van der Waals surface area contributed by atoms with E-state index in [1.165, 1.54) is 31.5 Å². The summed E-state index contributed by atoms with van der Waals surface area (Å²) in [5.74, 6) is 0.790. The summed E-state index contributed by atoms with van der Waals surface area (Å²) in [5, 5.41) is 4.80. The zero-order valence-corrected chi connectivity index (χ0v) is 23.3. The predicted octanol–water partition coefficient (Wildman–Crippen LogP) is 4.90. The van der Waals surface area contributed by atoms with Crippen LogP contribution in [0.4, 0.5) is 5.69 Å². The van der Waals surface area contributed by atoms with Gasteiger partial charge < -0.3 is 14.2 Å². The molecule has 202 valence electrons. The van der Waals surface area contributed by atoms with Crippen molar-refractivity contribution in [1.29, 1.82) is 0 Å². The number of benzene rings is 3. The number of carbonyl (C=O) groups is 1. The van der Waals surface area contributed by atoms with Crippen LogP contribution in [0.3, 0.4) is 0 Å². The minimum atomic E-state index is -3.79. The third-order valence-corrected chi connectivity index (χ3v) is 6.78. The number of ether oxygens (including phenoxy) is 3. The van der Waals surface area contributed by atoms with Gasteiger partial charge in [0.05, 0.1) is 36.9 Å². The maximum absolute atomic E-state index is 12.5. The third kappa shape index (κ3) is 8.27. The summed E-state index contributed by atoms with van der Waals surface area (Å²) in [6, 6.07) is 17.0. The molecule has 3 aromatic rings. The van der Waals surface area contributed by atoms with Gasteiger partial charge in [0.2, 0.25) is 10.0 Å². The van der Waals surface area contributed by atoms with E-state index in [4.69, 9.17) is 37.4 Å². The van der Waals surface area contributed by atoms with Crippen LogP contribution >= 0.6 is 23.2 Å². The fourth-order valence-corrected chi connectivity index (χ4v) is 4.52. The summed E-state index contributed by atoms with van der Waals surface area (Å²) in [6.07, 6.45) is 2.41. The molecule has 0 radical (unpaired) electrons. The Bertz CT molecular complexity index is 1400. The molecule has 0 unspecified atom stereocenters. The monoisotopic (exact) mass is 579 g/mol. The first-order chi connectivity index (χ1) is 18.1. The Kier molecular flexibility index (Phi) is 10.2. The lowest BCUT2D eigenvalue weighted by molar-refractivity contribution is -0.119. The number of methoxy groups -OCH3 is 1. The number of carbonyl (C=O) groups excluding carboxylic acids is 1. The van der Waals surface area contributed by atoms with Gasteiger partial charge in [0.15, 0.2) is 11.5 Å². The average Bonchev–Trinajstić information content (AvgIpc) is 2.87. The molecule has 0 aromatic heterocycles. The van der Waals surface area contributed by atoms with Crippen LogP contribution in [0, 0.1) is 0 Å². The van der Waals surface area contributed by atoms with Gasteiger partial charge in [-0.3, -0.25) is 9.10 Å². The van der Waals surface area contributed by atoms with E-state index in [0.29, 0.717) is 41.0 Å². The van der Waals surface area contributed by atoms with Crippen LogP contribution in [-0.4, -0.2) is 47.1 Å². The van der Waals surface area contributed by atoms with Crippen molar-refractivity contribution in [1.82, 2.24) is 5.43 Å². The fraction of sp³-hybridized carbons (Fsp3) is 0.231. The normalized spacial score (nSPS) is 11.3. The molecule has 1 amide bonds. The van der Waals surface area contributed by atoms with Crippen molar-refractivity contribution in [2.24, 2.45) is 5.10 Å². The first-order valence-corrected chi connectivity index (χ1v) is 14.0. The molecular weight excluding hydrogens is 553 g/mol. The molecule has 3 rings (SSSR count). The number of sulfonamides is 1. The van der Waals surface area contributed by atoms with Gasteiger partial charge in [-0.05, 0) is 66.6 Å². The topological polar surface area (TPSA) is 107 Å². The van der Waals surface area contributed by atoms with Gasteiger partial charge in [-0.15, -0.1) is 0 Å². The van der Waals surface area contributed by atoms with Gasteiger partial charge in [0, 0.05) is 5.02 Å². The highest BCUT2D eigenvalue weighted by Crippen LogP contribution is 2.30. The van der Waals surface area contributed by atoms with E-state index in [2.05, 4.69) is 10.5 Å². The second-order valence-electron chi connectivity index (χ2n) is 7.94. The Hall–Kier alpha value is -3.47. The molecule has 0 aliphatic carbocycles. The Balaban J connectivity index is 1.66. The molecule has 0 spiro atoms. The van der Waals surface area contributed by atoms with Crippen molar-refractivity contribution < 1.29 is 27.4 Å². The molecule has 0 aliphatic rings. The van der Waals surface area contributed by atoms with E-state index in [9.17, 15) is 13.2 Å². The smallest absolute Gasteiger partial charge is 0.260 e. The number of hydrogen-bond acceptors (Lipinski definition) is 7. The molecule has 1 N–H and O–H groups in total. The zero-order chi connectivity index (χ0) is 27.7. The van der Waals surface area contributed by atoms with E-state index in [-0.39, 0.29) is 10.7 Å². The second-order valence-corrected chi connectivity index (χ2v) is 10.7. The Morgan fingerprint density at radius 2 is 1.71 bits per heavy atom. The van der Waals surface area contributed by atoms with Crippen LogP contribution in [-0.2, 0) is 21.4 Å². The van der Waals surface area contributed by atoms with Crippen LogP contribution in [0.5, 0.6) is 17.2 Å². The standard InChI is InChI=1S/C26H27Cl2N3O6S/c1-4-36-25-13-19(7-11-24(25)37-17-18-5-8-20(27)9-6-18)15-29-30-26(32)16-31(38(3,33)34)21-10-12-23(35-2)22(28)14-21/h5-15H,4,16-17H2,1-3H3,(H,30,32)/b29-15-. The average molecular weight is 580 g/mol. The molecule has 0 heterocycles. The summed E-state index contributed by atoms with van der Waals surface area (Å²) in [5.41, 5.74) is 4.14. The van der Waals surface area contributed by atoms with E-state index in [1.807, 2.05) is 19.1 Å². The van der Waals surface area contributed by atoms with Crippen LogP contribution in [0.15, 0.2) is 65.8 Å². The van der Waals surface area contributed by atoms with Gasteiger partial charge in [-0.25, -0.2) is 13.8 Å². The van der Waals surface area contributed by atoms with Crippen molar-refractivity contribution in [3.05, 3.63) is 81.8 Å². The predicted molar refractivity (Wildman–Crippen MR) is 149 cm³/mol. The number of anilines is 1. The molecule has 0 saturated carbocycles. The zero-order valence-electron chi connectivity index (χ0n) is 21.0. The molecule has 9 nitrogen and oxygen atoms in total. The van der Waals surface area contributed by atoms with Crippen molar-refractivity contribution >= 4 is 51.0 Å². The minimum absolute atomic E-state index is 0.211. The van der Waals surface area contributed by atoms with Crippen LogP contribution < -0.4 is 23.9 Å². The maximum Gasteiger partial charge on any atom is 0.260 e. The van der Waals surface area contributed by atoms with Gasteiger partial charge >= 0.3 is 0 Å². The summed E-state index contributed by atoms with van der Waals surface area (Å²) in [6.45, 7) is 2.11. The Labute approximate surface area is 232 Å². The van der Waals surface area contributed by atoms with Gasteiger partial charge in [0.25, 0.3) is 5.91 Å². The molecule has 3 aromatic carbocycles. The van der Waals surface area contributed by atoms with Crippen molar-refractivity contribution in [3.63, 3.8) is 0 Å². The van der Waals surface area contributed by atoms with Gasteiger partial charge in [0.1, 0.15) is 18.9 Å². The van der Waals surface area contributed by atoms with Crippen molar-refractivity contribution in [3.8, 4) is 17.2 Å². The number of amides is 1. The number of nitrogens with one attached hydrogen (secondary N) is 1. The van der Waals surface area contributed by atoms with Crippen molar-refractivity contribution in [2.75, 3.05) is 30.8 Å². The highest BCUT2D eigenvalue weighted by Gasteiger charge is 2.21. The van der Waals surface area contributed by atoms with E-state index >= 15 is 0 Å². The SMILES string of the molecule is CCOc1cc(/C=N\NC(=O)CN(c2ccc(OC)c(Cl)c2)S(C)(=O)=O)ccc1OCc1ccc(Cl)cc1. The van der Waals surface area contributed by atoms with E-state index in [1.54, 1.807) is 30.3 Å². The van der Waals surface area contributed by atoms with E-state index < -0.39 is 22.5 Å². The highest BCUT2D eigenvalue weighted by molar-refractivity contribution is 7.92. The molecule has 0 atom stereocenters. The van der Waals surface area contributed by atoms with Crippen molar-refractivity contribution in [2.45, 2.75) is 13.5 Å². The Morgan fingerprint density at radius 3 is 2.34 bits per heavy atom. The molecule has 12 heteroatoms. The summed E-state index contributed by atoms with van der Waals surface area (Å²) in [7, 11) is -2.34. The number of rotatable bonds is 12. The number of hydrazone groups is 1. The molecule has 0 aliphatic heterocycles. The number of hydrogen-bond donors (Lipinski definition) is 1. The van der Waals surface area contributed by atoms with Gasteiger partial charge in [-0.1, -0.05) is 35.3 Å². The maximum atomic E-state index is 12.5. The molecular formula is C26H27Cl2N3O6S. The van der Waals surface area contributed by atoms with Crippen LogP contribution in [0.1, 0.15) is 18.1 Å². The first-order valence-electron chi connectivity index (χ1n) is 11.4. The molecule has 0 fully saturated rings. The fourth-order valence-electron chi connectivity index (χ4n) is 3.29.